The van der Waals surface area contributed by atoms with E-state index in [1.807, 2.05) is 18.2 Å². The van der Waals surface area contributed by atoms with Gasteiger partial charge in [0.15, 0.2) is 0 Å². The van der Waals surface area contributed by atoms with Crippen LogP contribution >= 0.6 is 11.6 Å². The minimum atomic E-state index is -0.162. The lowest BCUT2D eigenvalue weighted by molar-refractivity contribution is 0.0650. The van der Waals surface area contributed by atoms with Crippen LogP contribution in [-0.2, 0) is 0 Å². The van der Waals surface area contributed by atoms with Crippen LogP contribution in [0.4, 0.5) is 0 Å². The molecule has 0 bridgehead atoms. The van der Waals surface area contributed by atoms with E-state index in [-0.39, 0.29) is 11.8 Å². The van der Waals surface area contributed by atoms with Crippen LogP contribution in [0, 0.1) is 0 Å². The van der Waals surface area contributed by atoms with Crippen molar-refractivity contribution < 1.29 is 9.59 Å². The van der Waals surface area contributed by atoms with Gasteiger partial charge in [-0.3, -0.25) is 19.4 Å². The minimum Gasteiger partial charge on any atom is -0.361 e. The van der Waals surface area contributed by atoms with Gasteiger partial charge < -0.3 is 4.98 Å². The molecule has 0 atom stereocenters. The number of nitrogens with one attached hydrogen (secondary N) is 1. The third-order valence-corrected chi connectivity index (χ3v) is 6.50. The molecule has 2 aromatic carbocycles. The van der Waals surface area contributed by atoms with E-state index in [4.69, 9.17) is 11.6 Å². The van der Waals surface area contributed by atoms with Gasteiger partial charge in [-0.15, -0.1) is 0 Å². The average Bonchev–Trinajstić information content (AvgIpc) is 3.31. The molecule has 2 amide bonds. The first-order chi connectivity index (χ1) is 15.1. The Morgan fingerprint density at radius 3 is 2.39 bits per heavy atom. The fraction of sp³-hybridized carbons (Fsp3) is 0.280. The molecule has 0 spiro atoms. The highest BCUT2D eigenvalue weighted by molar-refractivity contribution is 6.31. The number of fused-ring (bicyclic) bond motifs is 2. The van der Waals surface area contributed by atoms with Gasteiger partial charge in [-0.05, 0) is 61.7 Å². The second-order valence-corrected chi connectivity index (χ2v) is 8.62. The van der Waals surface area contributed by atoms with Crippen molar-refractivity contribution in [2.24, 2.45) is 0 Å². The Bertz CT molecular complexity index is 1160. The van der Waals surface area contributed by atoms with Gasteiger partial charge in [0.05, 0.1) is 11.1 Å². The summed E-state index contributed by atoms with van der Waals surface area (Å²) in [4.78, 5) is 32.0. The van der Waals surface area contributed by atoms with Gasteiger partial charge in [0.2, 0.25) is 0 Å². The number of amides is 2. The molecular weight excluding hydrogens is 410 g/mol. The summed E-state index contributed by atoms with van der Waals surface area (Å²) in [6.45, 7) is 3.37. The largest absolute Gasteiger partial charge is 0.361 e. The summed E-state index contributed by atoms with van der Waals surface area (Å²) in [5.41, 5.74) is 4.76. The summed E-state index contributed by atoms with van der Waals surface area (Å²) in [6.07, 6.45) is 7.15. The molecule has 1 N–H and O–H groups in total. The van der Waals surface area contributed by atoms with Crippen LogP contribution in [0.15, 0.2) is 54.7 Å². The molecule has 0 fully saturated rings. The first-order valence-corrected chi connectivity index (χ1v) is 11.1. The maximum absolute atomic E-state index is 12.4. The van der Waals surface area contributed by atoms with Crippen molar-refractivity contribution in [3.63, 3.8) is 0 Å². The van der Waals surface area contributed by atoms with Gasteiger partial charge in [-0.25, -0.2) is 0 Å². The van der Waals surface area contributed by atoms with Crippen LogP contribution in [0.3, 0.4) is 0 Å². The lowest BCUT2D eigenvalue weighted by Crippen LogP contribution is -2.32. The van der Waals surface area contributed by atoms with Crippen molar-refractivity contribution in [3.8, 4) is 0 Å². The molecule has 5 rings (SSSR count). The van der Waals surface area contributed by atoms with Gasteiger partial charge >= 0.3 is 0 Å². The molecule has 0 radical (unpaired) electrons. The number of benzene rings is 2. The number of hydrogen-bond acceptors (Lipinski definition) is 3. The normalized spacial score (nSPS) is 16.8. The standard InChI is InChI=1S/C25H24ClN3O2/c26-18-7-8-23-21(15-18)22(16-27-23)17-9-13-28(14-10-17)11-3-4-12-29-24(30)19-5-1-2-6-20(19)25(29)31/h1-2,5-9,15-16,27H,3-4,10-14H2. The van der Waals surface area contributed by atoms with Crippen LogP contribution in [0.2, 0.25) is 5.02 Å². The van der Waals surface area contributed by atoms with Crippen LogP contribution in [-0.4, -0.2) is 52.8 Å². The Morgan fingerprint density at radius 2 is 1.68 bits per heavy atom. The fourth-order valence-corrected chi connectivity index (χ4v) is 4.74. The first-order valence-electron chi connectivity index (χ1n) is 10.8. The summed E-state index contributed by atoms with van der Waals surface area (Å²) >= 11 is 6.18. The van der Waals surface area contributed by atoms with Gasteiger partial charge in [0.1, 0.15) is 0 Å². The zero-order valence-electron chi connectivity index (χ0n) is 17.2. The number of H-pyrrole nitrogens is 1. The van der Waals surface area contributed by atoms with E-state index in [1.165, 1.54) is 21.4 Å². The third-order valence-electron chi connectivity index (χ3n) is 6.27. The quantitative estimate of drug-likeness (QED) is 0.440. The number of unbranched alkanes of at least 4 members (excludes halogenated alkanes) is 1. The number of rotatable bonds is 6. The Kier molecular flexibility index (Phi) is 5.38. The molecular formula is C25H24ClN3O2. The molecule has 0 saturated heterocycles. The summed E-state index contributed by atoms with van der Waals surface area (Å²) in [5.74, 6) is -0.324. The summed E-state index contributed by atoms with van der Waals surface area (Å²) < 4.78 is 0. The summed E-state index contributed by atoms with van der Waals surface area (Å²) in [5, 5.41) is 1.93. The Balaban J connectivity index is 1.13. The van der Waals surface area contributed by atoms with E-state index in [2.05, 4.69) is 22.2 Å². The molecule has 0 saturated carbocycles. The predicted molar refractivity (Wildman–Crippen MR) is 123 cm³/mol. The van der Waals surface area contributed by atoms with Gasteiger partial charge in [-0.2, -0.15) is 0 Å². The molecule has 3 aromatic rings. The molecule has 5 nitrogen and oxygen atoms in total. The molecule has 0 unspecified atom stereocenters. The molecule has 6 heteroatoms. The van der Waals surface area contributed by atoms with Crippen molar-refractivity contribution in [2.45, 2.75) is 19.3 Å². The lowest BCUT2D eigenvalue weighted by Gasteiger charge is -2.26. The summed E-state index contributed by atoms with van der Waals surface area (Å²) in [6, 6.07) is 13.0. The second-order valence-electron chi connectivity index (χ2n) is 8.19. The van der Waals surface area contributed by atoms with Crippen LogP contribution < -0.4 is 0 Å². The lowest BCUT2D eigenvalue weighted by atomic mass is 9.99. The van der Waals surface area contributed by atoms with E-state index < -0.39 is 0 Å². The molecule has 2 aliphatic rings. The van der Waals surface area contributed by atoms with E-state index in [9.17, 15) is 9.59 Å². The van der Waals surface area contributed by atoms with Crippen molar-refractivity contribution >= 4 is 39.9 Å². The highest BCUT2D eigenvalue weighted by Gasteiger charge is 2.34. The number of imide groups is 1. The Hall–Kier alpha value is -2.89. The first kappa shape index (κ1) is 20.0. The molecule has 3 heterocycles. The fourth-order valence-electron chi connectivity index (χ4n) is 4.56. The van der Waals surface area contributed by atoms with Crippen molar-refractivity contribution in [3.05, 3.63) is 76.5 Å². The van der Waals surface area contributed by atoms with E-state index in [1.54, 1.807) is 24.3 Å². The second kappa shape index (κ2) is 8.33. The number of hydrogen-bond donors (Lipinski definition) is 1. The van der Waals surface area contributed by atoms with Crippen LogP contribution in [0.1, 0.15) is 45.5 Å². The average molecular weight is 434 g/mol. The van der Waals surface area contributed by atoms with Gasteiger partial charge in [0, 0.05) is 47.3 Å². The zero-order chi connectivity index (χ0) is 21.4. The number of carbonyl (C=O) groups is 2. The number of nitrogens with zero attached hydrogens (tertiary/aromatic N) is 2. The van der Waals surface area contributed by atoms with Crippen LogP contribution in [0.5, 0.6) is 0 Å². The van der Waals surface area contributed by atoms with Crippen molar-refractivity contribution in [1.29, 1.82) is 0 Å². The highest BCUT2D eigenvalue weighted by Crippen LogP contribution is 2.31. The molecule has 1 aromatic heterocycles. The topological polar surface area (TPSA) is 56.4 Å². The molecule has 2 aliphatic heterocycles. The molecule has 31 heavy (non-hydrogen) atoms. The number of halogens is 1. The van der Waals surface area contributed by atoms with Gasteiger partial charge in [0.25, 0.3) is 11.8 Å². The Morgan fingerprint density at radius 1 is 0.935 bits per heavy atom. The SMILES string of the molecule is O=C1c2ccccc2C(=O)N1CCCCN1CC=C(c2c[nH]c3ccc(Cl)cc23)CC1. The maximum Gasteiger partial charge on any atom is 0.261 e. The highest BCUT2D eigenvalue weighted by atomic mass is 35.5. The maximum atomic E-state index is 12.4. The van der Waals surface area contributed by atoms with E-state index in [0.29, 0.717) is 17.7 Å². The summed E-state index contributed by atoms with van der Waals surface area (Å²) in [7, 11) is 0. The van der Waals surface area contributed by atoms with E-state index >= 15 is 0 Å². The predicted octanol–water partition coefficient (Wildman–Crippen LogP) is 4.99. The number of aromatic amines is 1. The Labute approximate surface area is 186 Å². The zero-order valence-corrected chi connectivity index (χ0v) is 18.0. The van der Waals surface area contributed by atoms with Crippen LogP contribution in [0.25, 0.3) is 16.5 Å². The van der Waals surface area contributed by atoms with Gasteiger partial charge in [-0.1, -0.05) is 29.8 Å². The monoisotopic (exact) mass is 433 g/mol. The van der Waals surface area contributed by atoms with E-state index in [0.717, 1.165) is 49.4 Å². The van der Waals surface area contributed by atoms with Crippen molar-refractivity contribution in [1.82, 2.24) is 14.8 Å². The van der Waals surface area contributed by atoms with Crippen molar-refractivity contribution in [2.75, 3.05) is 26.2 Å². The minimum absolute atomic E-state index is 0.162. The number of carbonyl (C=O) groups excluding carboxylic acids is 2. The third kappa shape index (κ3) is 3.80. The number of aromatic nitrogens is 1. The molecule has 0 aliphatic carbocycles. The smallest absolute Gasteiger partial charge is 0.261 e. The molecule has 158 valence electrons.